The number of benzene rings is 1. The van der Waals surface area contributed by atoms with E-state index in [2.05, 4.69) is 42.9 Å². The molecule has 0 aliphatic rings. The Morgan fingerprint density at radius 3 is 2.39 bits per heavy atom. The van der Waals surface area contributed by atoms with E-state index >= 15 is 0 Å². The summed E-state index contributed by atoms with van der Waals surface area (Å²) in [6.45, 7) is 2.07. The van der Waals surface area contributed by atoms with E-state index in [1.54, 1.807) is 12.4 Å². The Kier molecular flexibility index (Phi) is 4.66. The number of hydrogen-bond acceptors (Lipinski definition) is 4. The molecule has 0 bridgehead atoms. The first kappa shape index (κ1) is 13.0. The van der Waals surface area contributed by atoms with Crippen molar-refractivity contribution in [3.8, 4) is 0 Å². The SMILES string of the molecule is NCCN(Cc1ccccc1)c1ncc(Br)cn1. The van der Waals surface area contributed by atoms with Gasteiger partial charge >= 0.3 is 0 Å². The van der Waals surface area contributed by atoms with Gasteiger partial charge in [0.1, 0.15) is 0 Å². The largest absolute Gasteiger partial charge is 0.335 e. The molecule has 0 fully saturated rings. The number of anilines is 1. The molecule has 0 radical (unpaired) electrons. The molecule has 4 nitrogen and oxygen atoms in total. The highest BCUT2D eigenvalue weighted by Gasteiger charge is 2.09. The summed E-state index contributed by atoms with van der Waals surface area (Å²) in [7, 11) is 0. The molecular formula is C13H15BrN4. The number of aromatic nitrogens is 2. The van der Waals surface area contributed by atoms with E-state index in [9.17, 15) is 0 Å². The fourth-order valence-corrected chi connectivity index (χ4v) is 1.88. The standard InChI is InChI=1S/C13H15BrN4/c14-12-8-16-13(17-9-12)18(7-6-15)10-11-4-2-1-3-5-11/h1-5,8-9H,6-7,10,15H2. The van der Waals surface area contributed by atoms with Crippen LogP contribution in [0.1, 0.15) is 5.56 Å². The van der Waals surface area contributed by atoms with Crippen molar-refractivity contribution in [2.24, 2.45) is 5.73 Å². The summed E-state index contributed by atoms with van der Waals surface area (Å²) >= 11 is 3.33. The Labute approximate surface area is 115 Å². The third kappa shape index (κ3) is 3.51. The molecule has 0 unspecified atom stereocenters. The zero-order chi connectivity index (χ0) is 12.8. The van der Waals surface area contributed by atoms with Crippen LogP contribution in [-0.2, 0) is 6.54 Å². The van der Waals surface area contributed by atoms with E-state index < -0.39 is 0 Å². The van der Waals surface area contributed by atoms with E-state index in [1.165, 1.54) is 5.56 Å². The molecule has 1 aromatic carbocycles. The van der Waals surface area contributed by atoms with Gasteiger partial charge < -0.3 is 10.6 Å². The monoisotopic (exact) mass is 306 g/mol. The molecular weight excluding hydrogens is 292 g/mol. The number of nitrogens with zero attached hydrogens (tertiary/aromatic N) is 3. The van der Waals surface area contributed by atoms with Crippen LogP contribution in [0.15, 0.2) is 47.2 Å². The third-order valence-corrected chi connectivity index (χ3v) is 2.91. The highest BCUT2D eigenvalue weighted by molar-refractivity contribution is 9.10. The van der Waals surface area contributed by atoms with E-state index in [-0.39, 0.29) is 0 Å². The van der Waals surface area contributed by atoms with Gasteiger partial charge in [0.2, 0.25) is 5.95 Å². The summed E-state index contributed by atoms with van der Waals surface area (Å²) in [6, 6.07) is 10.2. The molecule has 1 heterocycles. The van der Waals surface area contributed by atoms with Crippen molar-refractivity contribution in [3.63, 3.8) is 0 Å². The molecule has 18 heavy (non-hydrogen) atoms. The zero-order valence-corrected chi connectivity index (χ0v) is 11.5. The molecule has 0 saturated heterocycles. The minimum absolute atomic E-state index is 0.576. The summed E-state index contributed by atoms with van der Waals surface area (Å²) in [4.78, 5) is 10.7. The van der Waals surface area contributed by atoms with Crippen molar-refractivity contribution < 1.29 is 0 Å². The summed E-state index contributed by atoms with van der Waals surface area (Å²) in [5.41, 5.74) is 6.86. The summed E-state index contributed by atoms with van der Waals surface area (Å²) in [6.07, 6.45) is 3.49. The van der Waals surface area contributed by atoms with Gasteiger partial charge in [-0.2, -0.15) is 0 Å². The Morgan fingerprint density at radius 1 is 1.11 bits per heavy atom. The van der Waals surface area contributed by atoms with E-state index in [4.69, 9.17) is 5.73 Å². The van der Waals surface area contributed by atoms with Gasteiger partial charge in [-0.25, -0.2) is 9.97 Å². The van der Waals surface area contributed by atoms with Crippen LogP contribution in [0.4, 0.5) is 5.95 Å². The van der Waals surface area contributed by atoms with Gasteiger partial charge in [-0.1, -0.05) is 30.3 Å². The smallest absolute Gasteiger partial charge is 0.225 e. The fraction of sp³-hybridized carbons (Fsp3) is 0.231. The number of halogens is 1. The first-order valence-electron chi connectivity index (χ1n) is 5.76. The minimum atomic E-state index is 0.576. The predicted octanol–water partition coefficient (Wildman–Crippen LogP) is 2.20. The van der Waals surface area contributed by atoms with Crippen LogP contribution in [0.25, 0.3) is 0 Å². The van der Waals surface area contributed by atoms with Gasteiger partial charge in [-0.3, -0.25) is 0 Å². The Morgan fingerprint density at radius 2 is 1.78 bits per heavy atom. The van der Waals surface area contributed by atoms with Crippen LogP contribution in [-0.4, -0.2) is 23.1 Å². The van der Waals surface area contributed by atoms with Crippen LogP contribution in [0, 0.1) is 0 Å². The second-order valence-corrected chi connectivity index (χ2v) is 4.81. The summed E-state index contributed by atoms with van der Waals surface area (Å²) in [5.74, 6) is 0.701. The predicted molar refractivity (Wildman–Crippen MR) is 76.3 cm³/mol. The van der Waals surface area contributed by atoms with E-state index in [1.807, 2.05) is 18.2 Å². The fourth-order valence-electron chi connectivity index (χ4n) is 1.68. The Balaban J connectivity index is 2.15. The lowest BCUT2D eigenvalue weighted by Crippen LogP contribution is -2.30. The highest BCUT2D eigenvalue weighted by Crippen LogP contribution is 2.13. The lowest BCUT2D eigenvalue weighted by Gasteiger charge is -2.21. The maximum atomic E-state index is 5.64. The van der Waals surface area contributed by atoms with Crippen LogP contribution >= 0.6 is 15.9 Å². The van der Waals surface area contributed by atoms with Crippen molar-refractivity contribution in [2.75, 3.05) is 18.0 Å². The van der Waals surface area contributed by atoms with Gasteiger partial charge in [0.15, 0.2) is 0 Å². The molecule has 0 saturated carbocycles. The Bertz CT molecular complexity index is 472. The van der Waals surface area contributed by atoms with Crippen molar-refractivity contribution >= 4 is 21.9 Å². The van der Waals surface area contributed by atoms with Crippen molar-refractivity contribution in [3.05, 3.63) is 52.8 Å². The van der Waals surface area contributed by atoms with Crippen molar-refractivity contribution in [1.29, 1.82) is 0 Å². The van der Waals surface area contributed by atoms with Crippen molar-refractivity contribution in [2.45, 2.75) is 6.54 Å². The molecule has 2 N–H and O–H groups in total. The van der Waals surface area contributed by atoms with E-state index in [0.29, 0.717) is 12.5 Å². The maximum Gasteiger partial charge on any atom is 0.225 e. The third-order valence-electron chi connectivity index (χ3n) is 2.50. The molecule has 0 aliphatic carbocycles. The van der Waals surface area contributed by atoms with Gasteiger partial charge in [-0.05, 0) is 21.5 Å². The molecule has 2 rings (SSSR count). The average molecular weight is 307 g/mol. The lowest BCUT2D eigenvalue weighted by molar-refractivity contribution is 0.757. The molecule has 1 aromatic heterocycles. The van der Waals surface area contributed by atoms with Crippen LogP contribution in [0.2, 0.25) is 0 Å². The minimum Gasteiger partial charge on any atom is -0.335 e. The highest BCUT2D eigenvalue weighted by atomic mass is 79.9. The molecule has 0 aliphatic heterocycles. The zero-order valence-electron chi connectivity index (χ0n) is 9.96. The second-order valence-electron chi connectivity index (χ2n) is 3.90. The summed E-state index contributed by atoms with van der Waals surface area (Å²) < 4.78 is 0.874. The van der Waals surface area contributed by atoms with Crippen LogP contribution in [0.3, 0.4) is 0 Å². The van der Waals surface area contributed by atoms with Crippen molar-refractivity contribution in [1.82, 2.24) is 9.97 Å². The number of nitrogens with two attached hydrogens (primary N) is 1. The molecule has 0 amide bonds. The van der Waals surface area contributed by atoms with Gasteiger partial charge in [-0.15, -0.1) is 0 Å². The molecule has 0 spiro atoms. The maximum absolute atomic E-state index is 5.64. The normalized spacial score (nSPS) is 10.3. The Hall–Kier alpha value is -1.46. The first-order valence-corrected chi connectivity index (χ1v) is 6.55. The second kappa shape index (κ2) is 6.47. The lowest BCUT2D eigenvalue weighted by atomic mass is 10.2. The number of hydrogen-bond donors (Lipinski definition) is 1. The summed E-state index contributed by atoms with van der Waals surface area (Å²) in [5, 5.41) is 0. The number of rotatable bonds is 5. The average Bonchev–Trinajstić information content (AvgIpc) is 2.40. The van der Waals surface area contributed by atoms with Gasteiger partial charge in [0.25, 0.3) is 0 Å². The van der Waals surface area contributed by atoms with E-state index in [0.717, 1.165) is 17.6 Å². The molecule has 2 aromatic rings. The van der Waals surface area contributed by atoms with Gasteiger partial charge in [0.05, 0.1) is 4.47 Å². The first-order chi connectivity index (χ1) is 8.79. The van der Waals surface area contributed by atoms with Gasteiger partial charge in [0, 0.05) is 32.0 Å². The molecule has 94 valence electrons. The topological polar surface area (TPSA) is 55.0 Å². The molecule has 0 atom stereocenters. The van der Waals surface area contributed by atoms with Crippen LogP contribution in [0.5, 0.6) is 0 Å². The van der Waals surface area contributed by atoms with Crippen LogP contribution < -0.4 is 10.6 Å². The molecule has 5 heteroatoms. The quantitative estimate of drug-likeness (QED) is 0.920.